The van der Waals surface area contributed by atoms with Gasteiger partial charge in [-0.15, -0.1) is 0 Å². The van der Waals surface area contributed by atoms with Crippen LogP contribution in [0.25, 0.3) is 0 Å². The van der Waals surface area contributed by atoms with E-state index < -0.39 is 38.0 Å². The van der Waals surface area contributed by atoms with E-state index in [0.717, 1.165) is 0 Å². The predicted molar refractivity (Wildman–Crippen MR) is 48.3 cm³/mol. The van der Waals surface area contributed by atoms with Crippen LogP contribution in [-0.2, 0) is 16.5 Å². The summed E-state index contributed by atoms with van der Waals surface area (Å²) in [5.74, 6) is -5.07. The van der Waals surface area contributed by atoms with Crippen molar-refractivity contribution < 1.29 is 55.7 Å². The summed E-state index contributed by atoms with van der Waals surface area (Å²) >= 11 is 0. The molecule has 0 aromatic heterocycles. The number of hydrogen-bond acceptors (Lipinski definition) is 3. The molecule has 0 bridgehead atoms. The third-order valence-electron chi connectivity index (χ3n) is 1.99. The Bertz CT molecular complexity index is 517. The van der Waals surface area contributed by atoms with E-state index in [-0.39, 0.29) is 42.0 Å². The Hall–Kier alpha value is -0.0800. The van der Waals surface area contributed by atoms with E-state index >= 15 is 0 Å². The van der Waals surface area contributed by atoms with E-state index in [4.69, 9.17) is 0 Å². The van der Waals surface area contributed by atoms with Crippen LogP contribution < -0.4 is 29.6 Å². The minimum atomic E-state index is -5.01. The van der Waals surface area contributed by atoms with Crippen molar-refractivity contribution in [2.24, 2.45) is 0 Å². The molecular formula is C9H8F3NaO3S. The second-order valence-corrected chi connectivity index (χ2v) is 4.52. The molecule has 3 nitrogen and oxygen atoms in total. The average molecular weight is 276 g/mol. The van der Waals surface area contributed by atoms with E-state index in [0.29, 0.717) is 6.42 Å². The fourth-order valence-corrected chi connectivity index (χ4v) is 2.06. The van der Waals surface area contributed by atoms with Crippen LogP contribution in [0.4, 0.5) is 13.2 Å². The van der Waals surface area contributed by atoms with Gasteiger partial charge in [0.1, 0.15) is 10.1 Å². The van der Waals surface area contributed by atoms with E-state index in [2.05, 4.69) is 0 Å². The Morgan fingerprint density at radius 2 is 1.76 bits per heavy atom. The zero-order valence-electron chi connectivity index (χ0n) is 9.26. The van der Waals surface area contributed by atoms with Crippen LogP contribution in [0.5, 0.6) is 0 Å². The molecule has 8 heteroatoms. The zero-order valence-corrected chi connectivity index (χ0v) is 12.1. The molecule has 1 rings (SSSR count). The fraction of sp³-hybridized carbons (Fsp3) is 0.333. The van der Waals surface area contributed by atoms with E-state index in [1.165, 1.54) is 0 Å². The summed E-state index contributed by atoms with van der Waals surface area (Å²) in [5, 5.41) is 0. The molecule has 90 valence electrons. The van der Waals surface area contributed by atoms with Gasteiger partial charge in [-0.2, -0.15) is 0 Å². The van der Waals surface area contributed by atoms with Gasteiger partial charge in [0, 0.05) is 5.56 Å². The van der Waals surface area contributed by atoms with Crippen molar-refractivity contribution in [3.63, 3.8) is 0 Å². The van der Waals surface area contributed by atoms with Crippen LogP contribution in [-0.4, -0.2) is 13.0 Å². The van der Waals surface area contributed by atoms with Gasteiger partial charge in [0.05, 0.1) is 4.90 Å². The van der Waals surface area contributed by atoms with Gasteiger partial charge in [0.2, 0.25) is 0 Å². The first-order chi connectivity index (χ1) is 7.29. The molecule has 0 unspecified atom stereocenters. The summed E-state index contributed by atoms with van der Waals surface area (Å²) in [7, 11) is -5.01. The zero-order chi connectivity index (χ0) is 12.5. The van der Waals surface area contributed by atoms with Crippen LogP contribution in [0, 0.1) is 17.5 Å². The third kappa shape index (κ3) is 3.69. The molecule has 1 aromatic carbocycles. The van der Waals surface area contributed by atoms with E-state index in [1.54, 1.807) is 6.92 Å². The predicted octanol–water partition coefficient (Wildman–Crippen LogP) is -1.04. The molecule has 0 N–H and O–H groups in total. The monoisotopic (exact) mass is 276 g/mol. The number of hydrogen-bond donors (Lipinski definition) is 0. The molecule has 0 spiro atoms. The molecule has 0 saturated heterocycles. The van der Waals surface area contributed by atoms with Crippen molar-refractivity contribution in [1.29, 1.82) is 0 Å². The van der Waals surface area contributed by atoms with Gasteiger partial charge in [-0.3, -0.25) is 0 Å². The molecule has 0 fully saturated rings. The Morgan fingerprint density at radius 3 is 2.18 bits per heavy atom. The molecule has 0 radical (unpaired) electrons. The van der Waals surface area contributed by atoms with Crippen LogP contribution in [0.1, 0.15) is 18.9 Å². The summed E-state index contributed by atoms with van der Waals surface area (Å²) < 4.78 is 71.0. The van der Waals surface area contributed by atoms with Gasteiger partial charge in [0.15, 0.2) is 17.5 Å². The molecule has 17 heavy (non-hydrogen) atoms. The third-order valence-corrected chi connectivity index (χ3v) is 2.89. The smallest absolute Gasteiger partial charge is 0.744 e. The van der Waals surface area contributed by atoms with Gasteiger partial charge in [-0.05, 0) is 12.5 Å². The summed E-state index contributed by atoms with van der Waals surface area (Å²) in [4.78, 5) is -1.04. The van der Waals surface area contributed by atoms with Crippen molar-refractivity contribution >= 4 is 10.1 Å². The fourth-order valence-electron chi connectivity index (χ4n) is 1.32. The normalized spacial score (nSPS) is 11.1. The van der Waals surface area contributed by atoms with Crippen LogP contribution in [0.2, 0.25) is 0 Å². The molecule has 0 saturated carbocycles. The standard InChI is InChI=1S/C9H9F3O3S.Na/c1-2-3-5-7(16(13,14)15)4-6(10)9(12)8(5)11;/h4H,2-3H2,1H3,(H,13,14,15);/q;+1/p-1. The number of halogens is 3. The quantitative estimate of drug-likeness (QED) is 0.403. The SMILES string of the molecule is CCCc1c(S(=O)(=O)[O-])cc(F)c(F)c1F.[Na+]. The Kier molecular flexibility index (Phi) is 6.16. The maximum Gasteiger partial charge on any atom is 1.00 e. The Balaban J connectivity index is 0.00000256. The summed E-state index contributed by atoms with van der Waals surface area (Å²) in [6, 6.07) is 0.214. The Morgan fingerprint density at radius 1 is 1.24 bits per heavy atom. The molecule has 0 aliphatic rings. The van der Waals surface area contributed by atoms with Crippen LogP contribution in [0.3, 0.4) is 0 Å². The van der Waals surface area contributed by atoms with E-state index in [1.807, 2.05) is 0 Å². The first-order valence-electron chi connectivity index (χ1n) is 4.41. The minimum Gasteiger partial charge on any atom is -0.744 e. The second-order valence-electron chi connectivity index (χ2n) is 3.17. The number of benzene rings is 1. The molecule has 0 heterocycles. The molecular weight excluding hydrogens is 268 g/mol. The summed E-state index contributed by atoms with van der Waals surface area (Å²) in [6.45, 7) is 1.59. The topological polar surface area (TPSA) is 57.2 Å². The van der Waals surface area contributed by atoms with Crippen LogP contribution >= 0.6 is 0 Å². The van der Waals surface area contributed by atoms with Gasteiger partial charge in [0.25, 0.3) is 0 Å². The first kappa shape index (κ1) is 16.9. The minimum absolute atomic E-state index is 0. The van der Waals surface area contributed by atoms with Gasteiger partial charge in [-0.25, -0.2) is 21.6 Å². The second kappa shape index (κ2) is 6.19. The van der Waals surface area contributed by atoms with E-state index in [9.17, 15) is 26.1 Å². The molecule has 0 atom stereocenters. The average Bonchev–Trinajstić information content (AvgIpc) is 2.17. The molecule has 1 aromatic rings. The van der Waals surface area contributed by atoms with Crippen molar-refractivity contribution in [3.8, 4) is 0 Å². The summed E-state index contributed by atoms with van der Waals surface area (Å²) in [6.07, 6.45) is 0.143. The first-order valence-corrected chi connectivity index (χ1v) is 5.82. The molecule has 0 aliphatic carbocycles. The Labute approximate surface area is 119 Å². The van der Waals surface area contributed by atoms with Crippen LogP contribution in [0.15, 0.2) is 11.0 Å². The van der Waals surface area contributed by atoms with Crippen molar-refractivity contribution in [2.45, 2.75) is 24.7 Å². The van der Waals surface area contributed by atoms with Crippen molar-refractivity contribution in [2.75, 3.05) is 0 Å². The van der Waals surface area contributed by atoms with Gasteiger partial charge >= 0.3 is 29.6 Å². The van der Waals surface area contributed by atoms with Gasteiger partial charge in [-0.1, -0.05) is 13.3 Å². The molecule has 0 amide bonds. The van der Waals surface area contributed by atoms with Gasteiger partial charge < -0.3 is 4.55 Å². The van der Waals surface area contributed by atoms with Crippen molar-refractivity contribution in [1.82, 2.24) is 0 Å². The largest absolute Gasteiger partial charge is 1.00 e. The summed E-state index contributed by atoms with van der Waals surface area (Å²) in [5.41, 5.74) is -0.601. The maximum absolute atomic E-state index is 13.2. The maximum atomic E-state index is 13.2. The molecule has 0 aliphatic heterocycles. The number of rotatable bonds is 3. The van der Waals surface area contributed by atoms with Crippen molar-refractivity contribution in [3.05, 3.63) is 29.1 Å².